The van der Waals surface area contributed by atoms with Gasteiger partial charge in [0, 0.05) is 37.9 Å². The van der Waals surface area contributed by atoms with Crippen LogP contribution in [-0.4, -0.2) is 68.1 Å². The average Bonchev–Trinajstić information content (AvgIpc) is 2.93. The molecule has 0 saturated carbocycles. The number of rotatable bonds is 8. The Morgan fingerprint density at radius 3 is 2.20 bits per heavy atom. The van der Waals surface area contributed by atoms with Crippen LogP contribution in [0.1, 0.15) is 12.6 Å². The summed E-state index contributed by atoms with van der Waals surface area (Å²) in [6.45, 7) is 1.51. The number of anilines is 3. The number of esters is 1. The van der Waals surface area contributed by atoms with E-state index in [-0.39, 0.29) is 48.6 Å². The molecule has 3 aromatic rings. The molecule has 1 atom stereocenters. The van der Waals surface area contributed by atoms with Crippen molar-refractivity contribution in [1.29, 1.82) is 0 Å². The highest BCUT2D eigenvalue weighted by molar-refractivity contribution is 7.89. The van der Waals surface area contributed by atoms with E-state index in [9.17, 15) is 30.8 Å². The van der Waals surface area contributed by atoms with Crippen molar-refractivity contribution in [3.8, 4) is 5.75 Å². The molecule has 1 N–H and O–H groups in total. The Hall–Kier alpha value is -3.98. The van der Waals surface area contributed by atoms with Crippen molar-refractivity contribution in [2.24, 2.45) is 0 Å². The second-order valence-electron chi connectivity index (χ2n) is 8.71. The van der Waals surface area contributed by atoms with Crippen LogP contribution in [0.15, 0.2) is 59.5 Å². The van der Waals surface area contributed by atoms with Gasteiger partial charge in [0.15, 0.2) is 11.8 Å². The third-order valence-corrected chi connectivity index (χ3v) is 7.86. The molecule has 1 aliphatic heterocycles. The molecule has 0 spiro atoms. The predicted octanol–water partition coefficient (Wildman–Crippen LogP) is 3.83. The van der Waals surface area contributed by atoms with Gasteiger partial charge in [-0.3, -0.25) is 0 Å². The largest absolute Gasteiger partial charge is 0.479 e. The molecule has 1 aliphatic rings. The van der Waals surface area contributed by atoms with Gasteiger partial charge in [0.1, 0.15) is 17.4 Å². The first kappa shape index (κ1) is 29.0. The van der Waals surface area contributed by atoms with E-state index in [0.29, 0.717) is 5.69 Å². The maximum absolute atomic E-state index is 13.6. The minimum atomic E-state index is -4.76. The molecule has 2 aromatic carbocycles. The first-order valence-electron chi connectivity index (χ1n) is 12.0. The molecule has 0 amide bonds. The fourth-order valence-corrected chi connectivity index (χ4v) is 5.27. The van der Waals surface area contributed by atoms with Gasteiger partial charge in [-0.1, -0.05) is 0 Å². The minimum Gasteiger partial charge on any atom is -0.479 e. The van der Waals surface area contributed by atoms with E-state index in [1.807, 2.05) is 0 Å². The Labute approximate surface area is 227 Å². The van der Waals surface area contributed by atoms with Gasteiger partial charge in [0.2, 0.25) is 16.0 Å². The fraction of sp³-hybridized carbons (Fsp3) is 0.320. The Bertz CT molecular complexity index is 1450. The predicted molar refractivity (Wildman–Crippen MR) is 136 cm³/mol. The molecule has 0 radical (unpaired) electrons. The van der Waals surface area contributed by atoms with Crippen LogP contribution in [0, 0.1) is 5.82 Å². The topological polar surface area (TPSA) is 114 Å². The molecule has 10 nitrogen and oxygen atoms in total. The summed E-state index contributed by atoms with van der Waals surface area (Å²) in [5.41, 5.74) is -0.854. The second kappa shape index (κ2) is 11.6. The molecule has 0 bridgehead atoms. The number of hydrogen-bond acceptors (Lipinski definition) is 9. The number of piperazine rings is 1. The summed E-state index contributed by atoms with van der Waals surface area (Å²) >= 11 is 0. The zero-order chi connectivity index (χ0) is 29.1. The molecule has 0 unspecified atom stereocenters. The molecule has 1 aromatic heterocycles. The molecule has 1 fully saturated rings. The Kier molecular flexibility index (Phi) is 8.44. The number of aromatic nitrogens is 2. The van der Waals surface area contributed by atoms with Crippen LogP contribution in [0.4, 0.5) is 35.0 Å². The fourth-order valence-electron chi connectivity index (χ4n) is 3.85. The van der Waals surface area contributed by atoms with Gasteiger partial charge in [-0.2, -0.15) is 22.5 Å². The first-order chi connectivity index (χ1) is 18.9. The van der Waals surface area contributed by atoms with Crippen LogP contribution in [0.3, 0.4) is 0 Å². The number of ether oxygens (including phenoxy) is 2. The SMILES string of the molecule is COC(=O)[C@@H](C)Oc1ccc(S(=O)(=O)N2CCN(c3nc(Nc4ccc(F)cc4)cc(C(F)(F)F)n3)CC2)cc1. The number of carbonyl (C=O) groups is 1. The van der Waals surface area contributed by atoms with E-state index < -0.39 is 39.8 Å². The second-order valence-corrected chi connectivity index (χ2v) is 10.7. The molecule has 1 saturated heterocycles. The van der Waals surface area contributed by atoms with Crippen LogP contribution in [0.2, 0.25) is 0 Å². The lowest BCUT2D eigenvalue weighted by Crippen LogP contribution is -2.49. The van der Waals surface area contributed by atoms with Gasteiger partial charge in [0.05, 0.1) is 12.0 Å². The van der Waals surface area contributed by atoms with Gasteiger partial charge < -0.3 is 19.7 Å². The zero-order valence-corrected chi connectivity index (χ0v) is 22.2. The maximum atomic E-state index is 13.6. The molecular formula is C25H25F4N5O5S. The van der Waals surface area contributed by atoms with E-state index in [0.717, 1.165) is 18.2 Å². The lowest BCUT2D eigenvalue weighted by atomic mass is 10.3. The molecule has 40 heavy (non-hydrogen) atoms. The minimum absolute atomic E-state index is 0.0138. The molecule has 4 rings (SSSR count). The summed E-state index contributed by atoms with van der Waals surface area (Å²) in [5, 5.41) is 2.72. The highest BCUT2D eigenvalue weighted by Gasteiger charge is 2.35. The van der Waals surface area contributed by atoms with Gasteiger partial charge in [0.25, 0.3) is 0 Å². The molecular weight excluding hydrogens is 558 g/mol. The Balaban J connectivity index is 1.47. The van der Waals surface area contributed by atoms with Gasteiger partial charge in [-0.15, -0.1) is 0 Å². The van der Waals surface area contributed by atoms with E-state index in [1.165, 1.54) is 59.6 Å². The number of nitrogens with zero attached hydrogens (tertiary/aromatic N) is 4. The summed E-state index contributed by atoms with van der Waals surface area (Å²) in [7, 11) is -2.70. The standard InChI is InChI=1S/C25H25F4N5O5S/c1-16(23(35)38-2)39-19-7-9-20(10-8-19)40(36,37)34-13-11-33(12-14-34)24-31-21(25(27,28)29)15-22(32-24)30-18-5-3-17(26)4-6-18/h3-10,15-16H,11-14H2,1-2H3,(H,30,31,32)/t16-/m1/s1. The number of sulfonamides is 1. The number of hydrogen-bond donors (Lipinski definition) is 1. The van der Waals surface area contributed by atoms with Gasteiger partial charge in [-0.05, 0) is 55.5 Å². The van der Waals surface area contributed by atoms with Crippen molar-refractivity contribution in [2.75, 3.05) is 43.5 Å². The van der Waals surface area contributed by atoms with Crippen molar-refractivity contribution >= 4 is 33.4 Å². The number of halogens is 4. The van der Waals surface area contributed by atoms with Crippen LogP contribution < -0.4 is 15.0 Å². The van der Waals surface area contributed by atoms with Gasteiger partial charge in [-0.25, -0.2) is 22.6 Å². The summed E-state index contributed by atoms with van der Waals surface area (Å²) in [4.78, 5) is 20.8. The van der Waals surface area contributed by atoms with Crippen molar-refractivity contribution in [1.82, 2.24) is 14.3 Å². The Morgan fingerprint density at radius 1 is 1.00 bits per heavy atom. The van der Waals surface area contributed by atoms with Crippen molar-refractivity contribution in [2.45, 2.75) is 24.1 Å². The first-order valence-corrected chi connectivity index (χ1v) is 13.4. The third kappa shape index (κ3) is 6.77. The Morgan fingerprint density at radius 2 is 1.62 bits per heavy atom. The van der Waals surface area contributed by atoms with E-state index in [4.69, 9.17) is 4.74 Å². The number of methoxy groups -OCH3 is 1. The van der Waals surface area contributed by atoms with Crippen LogP contribution >= 0.6 is 0 Å². The number of carbonyl (C=O) groups excluding carboxylic acids is 1. The quantitative estimate of drug-likeness (QED) is 0.312. The smallest absolute Gasteiger partial charge is 0.433 e. The number of alkyl halides is 3. The maximum Gasteiger partial charge on any atom is 0.433 e. The third-order valence-electron chi connectivity index (χ3n) is 5.95. The van der Waals surface area contributed by atoms with E-state index in [2.05, 4.69) is 20.0 Å². The highest BCUT2D eigenvalue weighted by Crippen LogP contribution is 2.32. The highest BCUT2D eigenvalue weighted by atomic mass is 32.2. The monoisotopic (exact) mass is 583 g/mol. The van der Waals surface area contributed by atoms with E-state index in [1.54, 1.807) is 0 Å². The summed E-state index contributed by atoms with van der Waals surface area (Å²) in [5.74, 6) is -1.19. The zero-order valence-electron chi connectivity index (χ0n) is 21.4. The molecule has 15 heteroatoms. The number of benzene rings is 2. The van der Waals surface area contributed by atoms with Crippen LogP contribution in [-0.2, 0) is 25.7 Å². The van der Waals surface area contributed by atoms with Crippen LogP contribution in [0.25, 0.3) is 0 Å². The lowest BCUT2D eigenvalue weighted by molar-refractivity contribution is -0.148. The van der Waals surface area contributed by atoms with Crippen molar-refractivity contribution in [3.63, 3.8) is 0 Å². The number of nitrogens with one attached hydrogen (secondary N) is 1. The van der Waals surface area contributed by atoms with Crippen molar-refractivity contribution in [3.05, 3.63) is 66.1 Å². The normalized spacial score (nSPS) is 15.4. The van der Waals surface area contributed by atoms with Crippen molar-refractivity contribution < 1.29 is 40.2 Å². The van der Waals surface area contributed by atoms with E-state index >= 15 is 0 Å². The summed E-state index contributed by atoms with van der Waals surface area (Å²) in [6, 6.07) is 11.3. The molecule has 214 valence electrons. The molecule has 2 heterocycles. The average molecular weight is 584 g/mol. The van der Waals surface area contributed by atoms with Gasteiger partial charge >= 0.3 is 12.1 Å². The summed E-state index contributed by atoms with van der Waals surface area (Å²) < 4.78 is 91.4. The molecule has 0 aliphatic carbocycles. The lowest BCUT2D eigenvalue weighted by Gasteiger charge is -2.34. The summed E-state index contributed by atoms with van der Waals surface area (Å²) in [6.07, 6.45) is -5.64. The van der Waals surface area contributed by atoms with Crippen LogP contribution in [0.5, 0.6) is 5.75 Å².